The predicted octanol–water partition coefficient (Wildman–Crippen LogP) is 5.62. The number of carbonyl (C=O) groups excluding carboxylic acids is 2. The normalized spacial score (nSPS) is 17.5. The third kappa shape index (κ3) is 8.63. The van der Waals surface area contributed by atoms with Crippen LogP contribution >= 0.6 is 0 Å². The lowest BCUT2D eigenvalue weighted by atomic mass is 10.1. The van der Waals surface area contributed by atoms with Crippen molar-refractivity contribution in [2.75, 3.05) is 92.5 Å². The van der Waals surface area contributed by atoms with Gasteiger partial charge in [-0.05, 0) is 78.7 Å². The van der Waals surface area contributed by atoms with Crippen LogP contribution in [0.3, 0.4) is 0 Å². The van der Waals surface area contributed by atoms with Crippen molar-refractivity contribution >= 4 is 56.4 Å². The Kier molecular flexibility index (Phi) is 11.0. The van der Waals surface area contributed by atoms with Gasteiger partial charge in [-0.25, -0.2) is 0 Å². The van der Waals surface area contributed by atoms with Crippen molar-refractivity contribution in [3.63, 3.8) is 0 Å². The number of pyridine rings is 2. The molecule has 302 valence electrons. The molecular weight excluding hydrogens is 745 g/mol. The smallest absolute Gasteiger partial charge is 0.262 e. The topological polar surface area (TPSA) is 136 Å². The summed E-state index contributed by atoms with van der Waals surface area (Å²) in [4.78, 5) is 41.9. The second kappa shape index (κ2) is 16.9. The van der Waals surface area contributed by atoms with Gasteiger partial charge in [-0.3, -0.25) is 29.4 Å². The van der Waals surface area contributed by atoms with Gasteiger partial charge in [0.15, 0.2) is 13.2 Å². The van der Waals surface area contributed by atoms with E-state index >= 15 is 0 Å². The number of aliphatic hydroxyl groups excluding tert-OH is 1. The van der Waals surface area contributed by atoms with E-state index in [1.54, 1.807) is 6.07 Å². The molecule has 0 aliphatic carbocycles. The van der Waals surface area contributed by atoms with Crippen LogP contribution in [0.5, 0.6) is 11.5 Å². The van der Waals surface area contributed by atoms with E-state index in [0.717, 1.165) is 92.6 Å². The van der Waals surface area contributed by atoms with Gasteiger partial charge in [0.1, 0.15) is 11.5 Å². The molecule has 3 N–H and O–H groups in total. The highest BCUT2D eigenvalue weighted by molar-refractivity contribution is 5.96. The maximum atomic E-state index is 11.6. The molecule has 6 aromatic rings. The quantitative estimate of drug-likeness (QED) is 0.186. The Morgan fingerprint density at radius 1 is 0.695 bits per heavy atom. The Hall–Kier alpha value is -6.28. The average molecular weight is 793 g/mol. The minimum absolute atomic E-state index is 0.0333. The highest BCUT2D eigenvalue weighted by atomic mass is 16.5. The predicted molar refractivity (Wildman–Crippen MR) is 230 cm³/mol. The molecule has 4 aromatic carbocycles. The largest absolute Gasteiger partial charge is 0.482 e. The molecule has 10 rings (SSSR count). The number of anilines is 4. The number of aromatic nitrogens is 2. The molecule has 0 spiro atoms. The number of benzene rings is 4. The number of hydrogen-bond donors (Lipinski definition) is 3. The van der Waals surface area contributed by atoms with Crippen LogP contribution in [-0.4, -0.2) is 109 Å². The zero-order valence-corrected chi connectivity index (χ0v) is 33.1. The fourth-order valence-electron chi connectivity index (χ4n) is 8.32. The number of aliphatic hydroxyl groups is 1. The fourth-order valence-corrected chi connectivity index (χ4v) is 8.32. The van der Waals surface area contributed by atoms with Crippen molar-refractivity contribution in [1.82, 2.24) is 19.8 Å². The molecule has 0 saturated carbocycles. The summed E-state index contributed by atoms with van der Waals surface area (Å²) in [5.41, 5.74) is 8.92. The van der Waals surface area contributed by atoms with Crippen molar-refractivity contribution in [3.05, 3.63) is 120 Å². The van der Waals surface area contributed by atoms with Gasteiger partial charge in [0, 0.05) is 93.8 Å². The van der Waals surface area contributed by atoms with Gasteiger partial charge >= 0.3 is 0 Å². The SMILES string of the molecule is Cc1ccc2c(N3CCN(CC(O)c4ccc5c(c4)NC(=O)CO5)CC3)cccc2n1.O=C1COc2ccc(CN3CCN(c4cccc5cccnc45)CC3)cc2N1. The molecule has 13 nitrogen and oxygen atoms in total. The molecule has 2 saturated heterocycles. The molecule has 13 heteroatoms. The number of piperazine rings is 2. The van der Waals surface area contributed by atoms with E-state index < -0.39 is 6.10 Å². The summed E-state index contributed by atoms with van der Waals surface area (Å²) in [6, 6.07) is 32.5. The Morgan fingerprint density at radius 3 is 2.10 bits per heavy atom. The number of carbonyl (C=O) groups is 2. The van der Waals surface area contributed by atoms with Crippen LogP contribution < -0.4 is 29.9 Å². The van der Waals surface area contributed by atoms with Crippen LogP contribution in [0.2, 0.25) is 0 Å². The van der Waals surface area contributed by atoms with E-state index in [4.69, 9.17) is 9.47 Å². The second-order valence-electron chi connectivity index (χ2n) is 15.5. The number of β-amino-alcohol motifs (C(OH)–C–C–N with tert-alkyl or cyclic N) is 1. The van der Waals surface area contributed by atoms with E-state index in [1.807, 2.05) is 43.5 Å². The van der Waals surface area contributed by atoms with Gasteiger partial charge in [-0.2, -0.15) is 0 Å². The lowest BCUT2D eigenvalue weighted by Crippen LogP contribution is -2.47. The van der Waals surface area contributed by atoms with E-state index in [9.17, 15) is 14.7 Å². The van der Waals surface area contributed by atoms with Gasteiger partial charge in [0.25, 0.3) is 11.8 Å². The monoisotopic (exact) mass is 792 g/mol. The average Bonchev–Trinajstić information content (AvgIpc) is 3.26. The van der Waals surface area contributed by atoms with Crippen molar-refractivity contribution in [2.45, 2.75) is 19.6 Å². The maximum absolute atomic E-state index is 11.6. The zero-order chi connectivity index (χ0) is 40.3. The summed E-state index contributed by atoms with van der Waals surface area (Å²) < 4.78 is 10.8. The van der Waals surface area contributed by atoms with Crippen LogP contribution in [0.4, 0.5) is 22.7 Å². The zero-order valence-electron chi connectivity index (χ0n) is 33.1. The summed E-state index contributed by atoms with van der Waals surface area (Å²) >= 11 is 0. The van der Waals surface area contributed by atoms with Crippen LogP contribution in [0.15, 0.2) is 103 Å². The van der Waals surface area contributed by atoms with Gasteiger partial charge in [-0.1, -0.05) is 36.4 Å². The number of ether oxygens (including phenoxy) is 2. The second-order valence-corrected chi connectivity index (χ2v) is 15.5. The third-order valence-corrected chi connectivity index (χ3v) is 11.4. The molecule has 2 amide bonds. The molecule has 0 radical (unpaired) electrons. The Morgan fingerprint density at radius 2 is 1.34 bits per heavy atom. The first-order valence-electron chi connectivity index (χ1n) is 20.3. The van der Waals surface area contributed by atoms with Gasteiger partial charge in [0.2, 0.25) is 0 Å². The molecule has 59 heavy (non-hydrogen) atoms. The molecule has 4 aliphatic rings. The Labute approximate surface area is 343 Å². The number of aryl methyl sites for hydroxylation is 1. The molecule has 4 aliphatic heterocycles. The molecule has 2 aromatic heterocycles. The van der Waals surface area contributed by atoms with Crippen molar-refractivity contribution in [2.24, 2.45) is 0 Å². The minimum Gasteiger partial charge on any atom is -0.482 e. The standard InChI is InChI=1S/C24H26N4O3.C22H22N4O2/c1-16-5-7-18-19(25-16)3-2-4-21(18)28-11-9-27(10-12-28)14-22(29)17-6-8-23-20(13-17)26-24(30)15-31-23;27-21-15-28-20-7-6-16(13-18(20)24-21)14-25-9-11-26(12-10-25)19-5-1-3-17-4-2-8-23-22(17)19/h2-8,13,22,29H,9-12,14-15H2,1H3,(H,26,30);1-8,13H,9-12,14-15H2,(H,24,27). The van der Waals surface area contributed by atoms with E-state index in [1.165, 1.54) is 27.7 Å². The van der Waals surface area contributed by atoms with Crippen LogP contribution in [0, 0.1) is 6.92 Å². The molecule has 1 atom stereocenters. The van der Waals surface area contributed by atoms with E-state index in [-0.39, 0.29) is 25.0 Å². The first kappa shape index (κ1) is 38.2. The summed E-state index contributed by atoms with van der Waals surface area (Å²) in [6.45, 7) is 11.0. The number of nitrogens with zero attached hydrogens (tertiary/aromatic N) is 6. The summed E-state index contributed by atoms with van der Waals surface area (Å²) in [7, 11) is 0. The minimum atomic E-state index is -0.625. The Balaban J connectivity index is 0.000000153. The molecule has 0 bridgehead atoms. The van der Waals surface area contributed by atoms with Crippen molar-refractivity contribution in [1.29, 1.82) is 0 Å². The van der Waals surface area contributed by atoms with Crippen LogP contribution in [0.1, 0.15) is 22.9 Å². The number of nitrogens with one attached hydrogen (secondary N) is 2. The van der Waals surface area contributed by atoms with Crippen LogP contribution in [0.25, 0.3) is 21.8 Å². The van der Waals surface area contributed by atoms with Gasteiger partial charge in [-0.15, -0.1) is 0 Å². The van der Waals surface area contributed by atoms with Crippen molar-refractivity contribution in [3.8, 4) is 11.5 Å². The fraction of sp³-hybridized carbons (Fsp3) is 0.304. The summed E-state index contributed by atoms with van der Waals surface area (Å²) in [5, 5.41) is 18.8. The van der Waals surface area contributed by atoms with Gasteiger partial charge in [0.05, 0.1) is 34.2 Å². The highest BCUT2D eigenvalue weighted by Gasteiger charge is 2.24. The summed E-state index contributed by atoms with van der Waals surface area (Å²) in [5.74, 6) is 1.12. The molecule has 2 fully saturated rings. The maximum Gasteiger partial charge on any atom is 0.262 e. The van der Waals surface area contributed by atoms with Crippen LogP contribution in [-0.2, 0) is 16.1 Å². The Bertz CT molecular complexity index is 2490. The van der Waals surface area contributed by atoms with Gasteiger partial charge < -0.3 is 35.0 Å². The highest BCUT2D eigenvalue weighted by Crippen LogP contribution is 2.33. The van der Waals surface area contributed by atoms with E-state index in [2.05, 4.69) is 101 Å². The van der Waals surface area contributed by atoms with Crippen molar-refractivity contribution < 1.29 is 24.2 Å². The lowest BCUT2D eigenvalue weighted by molar-refractivity contribution is -0.119. The molecule has 1 unspecified atom stereocenters. The molecular formula is C46H48N8O5. The number of amides is 2. The van der Waals surface area contributed by atoms with E-state index in [0.29, 0.717) is 18.0 Å². The number of fused-ring (bicyclic) bond motifs is 4. The number of para-hydroxylation sites is 1. The third-order valence-electron chi connectivity index (χ3n) is 11.4. The molecule has 6 heterocycles. The first-order chi connectivity index (χ1) is 28.8. The summed E-state index contributed by atoms with van der Waals surface area (Å²) in [6.07, 6.45) is 1.24. The number of rotatable bonds is 7. The number of hydrogen-bond acceptors (Lipinski definition) is 11. The first-order valence-corrected chi connectivity index (χ1v) is 20.3. The lowest BCUT2D eigenvalue weighted by Gasteiger charge is -2.37.